The summed E-state index contributed by atoms with van der Waals surface area (Å²) in [5, 5.41) is 3.93. The van der Waals surface area contributed by atoms with Crippen molar-refractivity contribution in [2.45, 2.75) is 38.4 Å². The summed E-state index contributed by atoms with van der Waals surface area (Å²) >= 11 is 0. The molecule has 0 atom stereocenters. The summed E-state index contributed by atoms with van der Waals surface area (Å²) < 4.78 is 79.3. The zero-order valence-electron chi connectivity index (χ0n) is 17.8. The average molecular weight is 486 g/mol. The van der Waals surface area contributed by atoms with Crippen LogP contribution < -0.4 is 9.80 Å². The molecule has 0 unspecified atom stereocenters. The van der Waals surface area contributed by atoms with Crippen LogP contribution in [0.3, 0.4) is 0 Å². The molecule has 0 saturated carbocycles. The number of halogens is 6. The van der Waals surface area contributed by atoms with Gasteiger partial charge in [0.2, 0.25) is 11.6 Å². The summed E-state index contributed by atoms with van der Waals surface area (Å²) in [6, 6.07) is 0. The third-order valence-electron chi connectivity index (χ3n) is 6.54. The van der Waals surface area contributed by atoms with E-state index in [0.29, 0.717) is 43.2 Å². The Hall–Kier alpha value is -3.19. The number of hydrogen-bond donors (Lipinski definition) is 0. The normalized spacial score (nSPS) is 18.6. The van der Waals surface area contributed by atoms with Crippen LogP contribution in [0.25, 0.3) is 11.2 Å². The molecule has 8 nitrogen and oxygen atoms in total. The van der Waals surface area contributed by atoms with Crippen molar-refractivity contribution in [3.8, 4) is 0 Å². The molecule has 0 N–H and O–H groups in total. The van der Waals surface area contributed by atoms with Crippen LogP contribution in [-0.2, 0) is 12.7 Å². The maximum absolute atomic E-state index is 13.5. The zero-order chi connectivity index (χ0) is 24.1. The summed E-state index contributed by atoms with van der Waals surface area (Å²) in [4.78, 5) is 19.2. The largest absolute Gasteiger partial charge is 0.438 e. The highest BCUT2D eigenvalue weighted by atomic mass is 19.4. The maximum Gasteiger partial charge on any atom is 0.438 e. The standard InChI is InChI=1S/C20H20F6N8/c21-13(22)10-34-18-12(7-29-34)27-8-15(31-18)32-4-1-19(2-5-32)3-6-33(11-19)14-9-28-17(23)16(30-14)20(24,25)26/h7-9,13H,1-6,10-11H2. The Kier molecular flexibility index (Phi) is 5.47. The van der Waals surface area contributed by atoms with Gasteiger partial charge in [-0.2, -0.15) is 22.7 Å². The molecular formula is C20H20F6N8. The molecule has 5 heterocycles. The fraction of sp³-hybridized carbons (Fsp3) is 0.550. The van der Waals surface area contributed by atoms with E-state index in [1.165, 1.54) is 6.20 Å². The Morgan fingerprint density at radius 2 is 1.56 bits per heavy atom. The number of rotatable bonds is 4. The SMILES string of the molecule is Fc1ncc(N2CCC3(CCN(c4cnc5cnn(CC(F)F)c5n4)CC3)C2)nc1C(F)(F)F. The van der Waals surface area contributed by atoms with E-state index in [9.17, 15) is 26.3 Å². The average Bonchev–Trinajstić information content (AvgIpc) is 3.38. The van der Waals surface area contributed by atoms with Crippen LogP contribution in [-0.4, -0.2) is 62.3 Å². The van der Waals surface area contributed by atoms with Gasteiger partial charge in [0.25, 0.3) is 6.43 Å². The molecule has 3 aromatic heterocycles. The molecule has 2 aliphatic rings. The van der Waals surface area contributed by atoms with Crippen molar-refractivity contribution in [2.75, 3.05) is 36.0 Å². The van der Waals surface area contributed by atoms with Gasteiger partial charge in [-0.3, -0.25) is 0 Å². The first-order valence-corrected chi connectivity index (χ1v) is 10.7. The Bertz CT molecular complexity index is 1190. The molecule has 2 fully saturated rings. The molecule has 2 aliphatic heterocycles. The fourth-order valence-electron chi connectivity index (χ4n) is 4.70. The Balaban J connectivity index is 1.28. The molecule has 34 heavy (non-hydrogen) atoms. The molecule has 0 aromatic carbocycles. The minimum Gasteiger partial charge on any atom is -0.355 e. The van der Waals surface area contributed by atoms with Crippen molar-refractivity contribution in [2.24, 2.45) is 5.41 Å². The number of nitrogens with zero attached hydrogens (tertiary/aromatic N) is 8. The fourth-order valence-corrected chi connectivity index (χ4v) is 4.70. The minimum absolute atomic E-state index is 0.0108. The molecule has 0 radical (unpaired) electrons. The van der Waals surface area contributed by atoms with Crippen molar-refractivity contribution < 1.29 is 26.3 Å². The second-order valence-corrected chi connectivity index (χ2v) is 8.68. The third kappa shape index (κ3) is 4.20. The number of alkyl halides is 5. The highest BCUT2D eigenvalue weighted by molar-refractivity contribution is 5.71. The van der Waals surface area contributed by atoms with Crippen molar-refractivity contribution >= 4 is 22.8 Å². The van der Waals surface area contributed by atoms with Crippen molar-refractivity contribution in [3.63, 3.8) is 0 Å². The van der Waals surface area contributed by atoms with Gasteiger partial charge in [-0.15, -0.1) is 0 Å². The lowest BCUT2D eigenvalue weighted by atomic mass is 9.78. The minimum atomic E-state index is -4.91. The van der Waals surface area contributed by atoms with Gasteiger partial charge in [-0.25, -0.2) is 33.4 Å². The van der Waals surface area contributed by atoms with E-state index in [2.05, 4.69) is 25.0 Å². The second kappa shape index (κ2) is 8.24. The lowest BCUT2D eigenvalue weighted by Crippen LogP contribution is -2.42. The molecule has 14 heteroatoms. The van der Waals surface area contributed by atoms with E-state index in [4.69, 9.17) is 0 Å². The lowest BCUT2D eigenvalue weighted by molar-refractivity contribution is -0.144. The van der Waals surface area contributed by atoms with Gasteiger partial charge in [0.15, 0.2) is 5.65 Å². The summed E-state index contributed by atoms with van der Waals surface area (Å²) in [6.45, 7) is 1.67. The Morgan fingerprint density at radius 3 is 2.24 bits per heavy atom. The molecule has 2 saturated heterocycles. The van der Waals surface area contributed by atoms with Crippen molar-refractivity contribution in [3.05, 3.63) is 30.2 Å². The predicted molar refractivity (Wildman–Crippen MR) is 109 cm³/mol. The molecule has 182 valence electrons. The van der Waals surface area contributed by atoms with Gasteiger partial charge in [-0.05, 0) is 24.7 Å². The smallest absolute Gasteiger partial charge is 0.355 e. The van der Waals surface area contributed by atoms with Gasteiger partial charge in [-0.1, -0.05) is 0 Å². The van der Waals surface area contributed by atoms with Gasteiger partial charge >= 0.3 is 6.18 Å². The number of hydrogen-bond acceptors (Lipinski definition) is 7. The number of piperidine rings is 1. The van der Waals surface area contributed by atoms with Gasteiger partial charge < -0.3 is 9.80 Å². The van der Waals surface area contributed by atoms with E-state index in [1.54, 1.807) is 11.1 Å². The summed E-state index contributed by atoms with van der Waals surface area (Å²) in [6.07, 6.45) is -1.20. The van der Waals surface area contributed by atoms with E-state index >= 15 is 0 Å². The number of anilines is 2. The molecule has 0 bridgehead atoms. The predicted octanol–water partition coefficient (Wildman–Crippen LogP) is 3.54. The quantitative estimate of drug-likeness (QED) is 0.523. The van der Waals surface area contributed by atoms with Crippen LogP contribution in [0.5, 0.6) is 0 Å². The van der Waals surface area contributed by atoms with Gasteiger partial charge in [0, 0.05) is 26.2 Å². The first-order chi connectivity index (χ1) is 16.1. The monoisotopic (exact) mass is 486 g/mol. The molecule has 3 aromatic rings. The Morgan fingerprint density at radius 1 is 0.912 bits per heavy atom. The van der Waals surface area contributed by atoms with Gasteiger partial charge in [0.1, 0.15) is 23.7 Å². The van der Waals surface area contributed by atoms with E-state index in [0.717, 1.165) is 30.1 Å². The molecule has 5 rings (SSSR count). The zero-order valence-corrected chi connectivity index (χ0v) is 17.8. The highest BCUT2D eigenvalue weighted by Crippen LogP contribution is 2.42. The number of fused-ring (bicyclic) bond motifs is 1. The molecular weight excluding hydrogens is 466 g/mol. The Labute approximate surface area is 189 Å². The third-order valence-corrected chi connectivity index (χ3v) is 6.54. The summed E-state index contributed by atoms with van der Waals surface area (Å²) in [5.41, 5.74) is -1.01. The molecule has 0 aliphatic carbocycles. The van der Waals surface area contributed by atoms with Gasteiger partial charge in [0.05, 0.1) is 18.6 Å². The van der Waals surface area contributed by atoms with Crippen LogP contribution in [0, 0.1) is 11.4 Å². The van der Waals surface area contributed by atoms with E-state index < -0.39 is 30.8 Å². The topological polar surface area (TPSA) is 75.9 Å². The second-order valence-electron chi connectivity index (χ2n) is 8.68. The van der Waals surface area contributed by atoms with Crippen molar-refractivity contribution in [1.82, 2.24) is 29.7 Å². The number of aromatic nitrogens is 6. The maximum atomic E-state index is 13.5. The first kappa shape index (κ1) is 22.6. The van der Waals surface area contributed by atoms with Crippen LogP contribution >= 0.6 is 0 Å². The highest BCUT2D eigenvalue weighted by Gasteiger charge is 2.43. The molecule has 0 amide bonds. The summed E-state index contributed by atoms with van der Waals surface area (Å²) in [7, 11) is 0. The van der Waals surface area contributed by atoms with Crippen LogP contribution in [0.1, 0.15) is 25.0 Å². The van der Waals surface area contributed by atoms with E-state index in [1.807, 2.05) is 4.90 Å². The lowest BCUT2D eigenvalue weighted by Gasteiger charge is -2.39. The van der Waals surface area contributed by atoms with Crippen LogP contribution in [0.2, 0.25) is 0 Å². The van der Waals surface area contributed by atoms with Crippen LogP contribution in [0.15, 0.2) is 18.6 Å². The van der Waals surface area contributed by atoms with Crippen molar-refractivity contribution in [1.29, 1.82) is 0 Å². The van der Waals surface area contributed by atoms with Crippen LogP contribution in [0.4, 0.5) is 38.0 Å². The van der Waals surface area contributed by atoms with E-state index in [-0.39, 0.29) is 11.2 Å². The first-order valence-electron chi connectivity index (χ1n) is 10.7. The molecule has 1 spiro atoms. The summed E-state index contributed by atoms with van der Waals surface area (Å²) in [5.74, 6) is -1.06.